The van der Waals surface area contributed by atoms with Crippen LogP contribution in [-0.2, 0) is 6.54 Å². The average Bonchev–Trinajstić information content (AvgIpc) is 2.81. The standard InChI is InChI=1S/C13H14N2O3/c1-15(8-10-3-2-6-18-10)12-5-4-9(13(16)17)7-11(12)14/h2-7H,8,14H2,1H3,(H,16,17). The van der Waals surface area contributed by atoms with E-state index in [0.29, 0.717) is 12.2 Å². The molecule has 0 saturated carbocycles. The van der Waals surface area contributed by atoms with Crippen LogP contribution in [0.2, 0.25) is 0 Å². The molecule has 2 rings (SSSR count). The molecule has 0 fully saturated rings. The first-order valence-corrected chi connectivity index (χ1v) is 5.44. The molecule has 0 bridgehead atoms. The van der Waals surface area contributed by atoms with Crippen molar-refractivity contribution in [1.82, 2.24) is 0 Å². The van der Waals surface area contributed by atoms with Crippen LogP contribution in [0.1, 0.15) is 16.1 Å². The number of carbonyl (C=O) groups is 1. The Hall–Kier alpha value is -2.43. The summed E-state index contributed by atoms with van der Waals surface area (Å²) in [6.45, 7) is 0.573. The molecule has 0 saturated heterocycles. The monoisotopic (exact) mass is 246 g/mol. The minimum absolute atomic E-state index is 0.183. The first-order valence-electron chi connectivity index (χ1n) is 5.44. The van der Waals surface area contributed by atoms with Gasteiger partial charge in [0.2, 0.25) is 0 Å². The number of anilines is 2. The molecule has 5 heteroatoms. The van der Waals surface area contributed by atoms with Crippen LogP contribution >= 0.6 is 0 Å². The van der Waals surface area contributed by atoms with E-state index >= 15 is 0 Å². The summed E-state index contributed by atoms with van der Waals surface area (Å²) >= 11 is 0. The van der Waals surface area contributed by atoms with Gasteiger partial charge in [-0.05, 0) is 30.3 Å². The molecule has 94 valence electrons. The first kappa shape index (κ1) is 12.0. The van der Waals surface area contributed by atoms with Crippen LogP contribution in [0.4, 0.5) is 11.4 Å². The minimum atomic E-state index is -0.984. The normalized spacial score (nSPS) is 10.3. The number of nitrogens with two attached hydrogens (primary N) is 1. The fourth-order valence-corrected chi connectivity index (χ4v) is 1.76. The summed E-state index contributed by atoms with van der Waals surface area (Å²) in [4.78, 5) is 12.7. The lowest BCUT2D eigenvalue weighted by Gasteiger charge is -2.20. The number of rotatable bonds is 4. The van der Waals surface area contributed by atoms with E-state index in [0.717, 1.165) is 11.4 Å². The zero-order valence-electron chi connectivity index (χ0n) is 9.96. The molecule has 18 heavy (non-hydrogen) atoms. The van der Waals surface area contributed by atoms with Gasteiger partial charge in [0.25, 0.3) is 0 Å². The largest absolute Gasteiger partial charge is 0.478 e. The van der Waals surface area contributed by atoms with Crippen molar-refractivity contribution in [2.24, 2.45) is 0 Å². The highest BCUT2D eigenvalue weighted by Gasteiger charge is 2.10. The third kappa shape index (κ3) is 2.45. The first-order chi connectivity index (χ1) is 8.58. The molecule has 1 heterocycles. The zero-order valence-corrected chi connectivity index (χ0v) is 9.96. The SMILES string of the molecule is CN(Cc1ccco1)c1ccc(C(=O)O)cc1N. The molecular formula is C13H14N2O3. The van der Waals surface area contributed by atoms with Gasteiger partial charge in [-0.1, -0.05) is 0 Å². The maximum absolute atomic E-state index is 10.8. The van der Waals surface area contributed by atoms with E-state index in [-0.39, 0.29) is 5.56 Å². The van der Waals surface area contributed by atoms with E-state index in [1.54, 1.807) is 12.3 Å². The summed E-state index contributed by atoms with van der Waals surface area (Å²) in [7, 11) is 1.87. The second-order valence-corrected chi connectivity index (χ2v) is 4.01. The van der Waals surface area contributed by atoms with E-state index in [9.17, 15) is 4.79 Å². The molecule has 0 aliphatic carbocycles. The molecule has 1 aromatic carbocycles. The van der Waals surface area contributed by atoms with Gasteiger partial charge in [0.15, 0.2) is 0 Å². The Morgan fingerprint density at radius 1 is 1.44 bits per heavy atom. The number of hydrogen-bond acceptors (Lipinski definition) is 4. The van der Waals surface area contributed by atoms with Crippen LogP contribution < -0.4 is 10.6 Å². The van der Waals surface area contributed by atoms with Crippen LogP contribution in [0.5, 0.6) is 0 Å². The Kier molecular flexibility index (Phi) is 3.23. The van der Waals surface area contributed by atoms with Crippen LogP contribution in [0, 0.1) is 0 Å². The van der Waals surface area contributed by atoms with E-state index < -0.39 is 5.97 Å². The lowest BCUT2D eigenvalue weighted by Crippen LogP contribution is -2.17. The zero-order chi connectivity index (χ0) is 13.1. The predicted molar refractivity (Wildman–Crippen MR) is 68.6 cm³/mol. The third-order valence-corrected chi connectivity index (χ3v) is 2.66. The van der Waals surface area contributed by atoms with Crippen molar-refractivity contribution < 1.29 is 14.3 Å². The second-order valence-electron chi connectivity index (χ2n) is 4.01. The topological polar surface area (TPSA) is 79.7 Å². The van der Waals surface area contributed by atoms with Gasteiger partial charge in [-0.2, -0.15) is 0 Å². The maximum atomic E-state index is 10.8. The highest BCUT2D eigenvalue weighted by Crippen LogP contribution is 2.24. The Bertz CT molecular complexity index is 549. The van der Waals surface area contributed by atoms with Gasteiger partial charge in [0, 0.05) is 7.05 Å². The Morgan fingerprint density at radius 2 is 2.22 bits per heavy atom. The van der Waals surface area contributed by atoms with Crippen molar-refractivity contribution in [2.45, 2.75) is 6.54 Å². The molecule has 5 nitrogen and oxygen atoms in total. The highest BCUT2D eigenvalue weighted by molar-refractivity contribution is 5.90. The fraction of sp³-hybridized carbons (Fsp3) is 0.154. The summed E-state index contributed by atoms with van der Waals surface area (Å²) in [5, 5.41) is 8.86. The van der Waals surface area contributed by atoms with Crippen molar-refractivity contribution >= 4 is 17.3 Å². The highest BCUT2D eigenvalue weighted by atomic mass is 16.4. The molecule has 0 radical (unpaired) electrons. The van der Waals surface area contributed by atoms with Gasteiger partial charge in [0.05, 0.1) is 29.7 Å². The fourth-order valence-electron chi connectivity index (χ4n) is 1.76. The van der Waals surface area contributed by atoms with Crippen molar-refractivity contribution in [3.05, 3.63) is 47.9 Å². The van der Waals surface area contributed by atoms with Crippen LogP contribution in [-0.4, -0.2) is 18.1 Å². The van der Waals surface area contributed by atoms with Gasteiger partial charge in [-0.25, -0.2) is 4.79 Å². The van der Waals surface area contributed by atoms with Crippen molar-refractivity contribution in [2.75, 3.05) is 17.7 Å². The Morgan fingerprint density at radius 3 is 2.78 bits per heavy atom. The molecule has 1 aromatic heterocycles. The van der Waals surface area contributed by atoms with Crippen molar-refractivity contribution in [1.29, 1.82) is 0 Å². The Labute approximate surface area is 104 Å². The number of carboxylic acid groups (broad SMARTS) is 1. The molecule has 3 N–H and O–H groups in total. The predicted octanol–water partition coefficient (Wildman–Crippen LogP) is 2.20. The summed E-state index contributed by atoms with van der Waals surface area (Å²) in [6, 6.07) is 8.38. The second kappa shape index (κ2) is 4.83. The van der Waals surface area contributed by atoms with Crippen LogP contribution in [0.15, 0.2) is 41.0 Å². The number of nitrogen functional groups attached to an aromatic ring is 1. The molecular weight excluding hydrogens is 232 g/mol. The van der Waals surface area contributed by atoms with Gasteiger partial charge < -0.3 is 20.2 Å². The molecule has 0 aliphatic heterocycles. The number of carboxylic acids is 1. The number of hydrogen-bond donors (Lipinski definition) is 2. The molecule has 0 atom stereocenters. The maximum Gasteiger partial charge on any atom is 0.335 e. The van der Waals surface area contributed by atoms with Gasteiger partial charge >= 0.3 is 5.97 Å². The smallest absolute Gasteiger partial charge is 0.335 e. The molecule has 0 unspecified atom stereocenters. The van der Waals surface area contributed by atoms with Gasteiger partial charge in [0.1, 0.15) is 5.76 Å². The number of furan rings is 1. The molecule has 0 amide bonds. The molecule has 2 aromatic rings. The summed E-state index contributed by atoms with van der Waals surface area (Å²) in [6.07, 6.45) is 1.61. The molecule has 0 spiro atoms. The quantitative estimate of drug-likeness (QED) is 0.808. The number of nitrogens with zero attached hydrogens (tertiary/aromatic N) is 1. The molecule has 0 aliphatic rings. The van der Waals surface area contributed by atoms with E-state index in [2.05, 4.69) is 0 Å². The summed E-state index contributed by atoms with van der Waals surface area (Å²) in [5.74, 6) is -0.166. The lowest BCUT2D eigenvalue weighted by atomic mass is 10.1. The number of aromatic carboxylic acids is 1. The van der Waals surface area contributed by atoms with Gasteiger partial charge in [-0.3, -0.25) is 0 Å². The average molecular weight is 246 g/mol. The number of benzene rings is 1. The summed E-state index contributed by atoms with van der Waals surface area (Å²) < 4.78 is 5.25. The minimum Gasteiger partial charge on any atom is -0.478 e. The summed E-state index contributed by atoms with van der Waals surface area (Å²) in [5.41, 5.74) is 7.25. The van der Waals surface area contributed by atoms with E-state index in [1.807, 2.05) is 24.1 Å². The van der Waals surface area contributed by atoms with Crippen LogP contribution in [0.25, 0.3) is 0 Å². The van der Waals surface area contributed by atoms with E-state index in [1.165, 1.54) is 12.1 Å². The van der Waals surface area contributed by atoms with Crippen LogP contribution in [0.3, 0.4) is 0 Å². The third-order valence-electron chi connectivity index (χ3n) is 2.66. The van der Waals surface area contributed by atoms with E-state index in [4.69, 9.17) is 15.3 Å². The lowest BCUT2D eigenvalue weighted by molar-refractivity contribution is 0.0697. The van der Waals surface area contributed by atoms with Gasteiger partial charge in [-0.15, -0.1) is 0 Å². The van der Waals surface area contributed by atoms with Crippen molar-refractivity contribution in [3.63, 3.8) is 0 Å². The van der Waals surface area contributed by atoms with Crippen molar-refractivity contribution in [3.8, 4) is 0 Å². The Balaban J connectivity index is 2.20.